The molecule has 1 atom stereocenters. The number of halogens is 2. The van der Waals surface area contributed by atoms with Crippen LogP contribution in [0.15, 0.2) is 41.0 Å². The van der Waals surface area contributed by atoms with Crippen molar-refractivity contribution in [2.45, 2.75) is 25.9 Å². The Morgan fingerprint density at radius 2 is 2.15 bits per heavy atom. The molecular weight excluding hydrogens is 321 g/mol. The van der Waals surface area contributed by atoms with Crippen molar-refractivity contribution in [3.05, 3.63) is 57.9 Å². The van der Waals surface area contributed by atoms with Crippen LogP contribution in [0, 0.1) is 5.82 Å². The third kappa shape index (κ3) is 4.02. The highest BCUT2D eigenvalue weighted by Crippen LogP contribution is 2.23. The predicted octanol–water partition coefficient (Wildman–Crippen LogP) is 3.81. The standard InChI is InChI=1S/C15H17BrFN3/c1-2-14(11-6-12(16)8-13(17)7-11)20-9-10-3-4-19-15(18)5-10/h3-8,14,20H,2,9H2,1H3,(H2,18,19)/t14-/m0/s1. The van der Waals surface area contributed by atoms with Gasteiger partial charge in [-0.25, -0.2) is 9.37 Å². The molecule has 106 valence electrons. The predicted molar refractivity (Wildman–Crippen MR) is 82.6 cm³/mol. The van der Waals surface area contributed by atoms with Crippen LogP contribution in [0.5, 0.6) is 0 Å². The van der Waals surface area contributed by atoms with Crippen molar-refractivity contribution in [3.63, 3.8) is 0 Å². The Morgan fingerprint density at radius 3 is 2.80 bits per heavy atom. The summed E-state index contributed by atoms with van der Waals surface area (Å²) in [7, 11) is 0. The second-order valence-electron chi connectivity index (χ2n) is 4.63. The summed E-state index contributed by atoms with van der Waals surface area (Å²) < 4.78 is 14.2. The van der Waals surface area contributed by atoms with Gasteiger partial charge >= 0.3 is 0 Å². The number of pyridine rings is 1. The van der Waals surface area contributed by atoms with Crippen LogP contribution in [0.2, 0.25) is 0 Å². The fourth-order valence-corrected chi connectivity index (χ4v) is 2.60. The van der Waals surface area contributed by atoms with Crippen molar-refractivity contribution in [2.75, 3.05) is 5.73 Å². The second-order valence-corrected chi connectivity index (χ2v) is 5.55. The van der Waals surface area contributed by atoms with Gasteiger partial charge in [0.2, 0.25) is 0 Å². The maximum atomic E-state index is 13.5. The molecule has 20 heavy (non-hydrogen) atoms. The SMILES string of the molecule is CC[C@H](NCc1ccnc(N)c1)c1cc(F)cc(Br)c1. The molecule has 0 fully saturated rings. The van der Waals surface area contributed by atoms with Gasteiger partial charge in [-0.3, -0.25) is 0 Å². The van der Waals surface area contributed by atoms with Crippen molar-refractivity contribution in [1.29, 1.82) is 0 Å². The summed E-state index contributed by atoms with van der Waals surface area (Å²) in [6.07, 6.45) is 2.56. The minimum Gasteiger partial charge on any atom is -0.384 e. The molecular formula is C15H17BrFN3. The molecule has 2 aromatic rings. The molecule has 0 unspecified atom stereocenters. The van der Waals surface area contributed by atoms with Crippen molar-refractivity contribution >= 4 is 21.7 Å². The number of aromatic nitrogens is 1. The van der Waals surface area contributed by atoms with Gasteiger partial charge in [0, 0.05) is 23.3 Å². The zero-order chi connectivity index (χ0) is 14.5. The Hall–Kier alpha value is -1.46. The van der Waals surface area contributed by atoms with Crippen LogP contribution in [0.3, 0.4) is 0 Å². The highest BCUT2D eigenvalue weighted by Gasteiger charge is 2.11. The largest absolute Gasteiger partial charge is 0.384 e. The van der Waals surface area contributed by atoms with E-state index in [-0.39, 0.29) is 11.9 Å². The monoisotopic (exact) mass is 337 g/mol. The molecule has 2 rings (SSSR count). The minimum atomic E-state index is -0.234. The number of nitrogens with one attached hydrogen (secondary N) is 1. The average molecular weight is 338 g/mol. The van der Waals surface area contributed by atoms with E-state index < -0.39 is 0 Å². The van der Waals surface area contributed by atoms with Gasteiger partial charge < -0.3 is 11.1 Å². The van der Waals surface area contributed by atoms with Crippen LogP contribution in [0.4, 0.5) is 10.2 Å². The fourth-order valence-electron chi connectivity index (χ4n) is 2.12. The summed E-state index contributed by atoms with van der Waals surface area (Å²) in [5.74, 6) is 0.272. The maximum Gasteiger partial charge on any atom is 0.124 e. The quantitative estimate of drug-likeness (QED) is 0.872. The third-order valence-electron chi connectivity index (χ3n) is 3.09. The molecule has 0 spiro atoms. The van der Waals surface area contributed by atoms with E-state index in [4.69, 9.17) is 5.73 Å². The molecule has 0 saturated heterocycles. The summed E-state index contributed by atoms with van der Waals surface area (Å²) in [5, 5.41) is 3.41. The maximum absolute atomic E-state index is 13.5. The number of nitrogen functional groups attached to an aromatic ring is 1. The van der Waals surface area contributed by atoms with E-state index in [1.807, 2.05) is 18.2 Å². The molecule has 1 aromatic heterocycles. The first-order chi connectivity index (χ1) is 9.58. The molecule has 0 aliphatic rings. The highest BCUT2D eigenvalue weighted by molar-refractivity contribution is 9.10. The Labute approximate surface area is 126 Å². The van der Waals surface area contributed by atoms with Gasteiger partial charge in [-0.15, -0.1) is 0 Å². The van der Waals surface area contributed by atoms with Crippen LogP contribution < -0.4 is 11.1 Å². The first-order valence-electron chi connectivity index (χ1n) is 6.48. The lowest BCUT2D eigenvalue weighted by Crippen LogP contribution is -2.20. The average Bonchev–Trinajstić information content (AvgIpc) is 2.38. The molecule has 3 nitrogen and oxygen atoms in total. The number of nitrogens with zero attached hydrogens (tertiary/aromatic N) is 1. The second kappa shape index (κ2) is 6.81. The van der Waals surface area contributed by atoms with E-state index in [9.17, 15) is 4.39 Å². The zero-order valence-electron chi connectivity index (χ0n) is 11.2. The third-order valence-corrected chi connectivity index (χ3v) is 3.55. The molecule has 1 heterocycles. The van der Waals surface area contributed by atoms with Crippen molar-refractivity contribution < 1.29 is 4.39 Å². The lowest BCUT2D eigenvalue weighted by molar-refractivity contribution is 0.514. The normalized spacial score (nSPS) is 12.3. The topological polar surface area (TPSA) is 50.9 Å². The number of hydrogen-bond acceptors (Lipinski definition) is 3. The van der Waals surface area contributed by atoms with Gasteiger partial charge in [0.05, 0.1) is 0 Å². The molecule has 0 amide bonds. The molecule has 1 aromatic carbocycles. The molecule has 0 aliphatic heterocycles. The van der Waals surface area contributed by atoms with Crippen LogP contribution in [-0.4, -0.2) is 4.98 Å². The van der Waals surface area contributed by atoms with Crippen molar-refractivity contribution in [3.8, 4) is 0 Å². The van der Waals surface area contributed by atoms with Crippen LogP contribution >= 0.6 is 15.9 Å². The highest BCUT2D eigenvalue weighted by atomic mass is 79.9. The number of anilines is 1. The molecule has 0 saturated carbocycles. The number of benzene rings is 1. The van der Waals surface area contributed by atoms with E-state index in [1.165, 1.54) is 6.07 Å². The summed E-state index contributed by atoms with van der Waals surface area (Å²) >= 11 is 3.32. The van der Waals surface area contributed by atoms with Gasteiger partial charge in [0.15, 0.2) is 0 Å². The number of rotatable bonds is 5. The van der Waals surface area contributed by atoms with Crippen LogP contribution in [0.1, 0.15) is 30.5 Å². The van der Waals surface area contributed by atoms with Gasteiger partial charge in [0.25, 0.3) is 0 Å². The summed E-state index contributed by atoms with van der Waals surface area (Å²) in [6.45, 7) is 2.73. The van der Waals surface area contributed by atoms with E-state index in [1.54, 1.807) is 12.3 Å². The Morgan fingerprint density at radius 1 is 1.35 bits per heavy atom. The lowest BCUT2D eigenvalue weighted by Gasteiger charge is -2.18. The molecule has 0 bridgehead atoms. The summed E-state index contributed by atoms with van der Waals surface area (Å²) in [6, 6.07) is 8.80. The first kappa shape index (κ1) is 14.9. The van der Waals surface area contributed by atoms with Gasteiger partial charge in [-0.2, -0.15) is 0 Å². The van der Waals surface area contributed by atoms with E-state index >= 15 is 0 Å². The Balaban J connectivity index is 2.09. The molecule has 3 N–H and O–H groups in total. The van der Waals surface area contributed by atoms with Crippen molar-refractivity contribution in [2.24, 2.45) is 0 Å². The summed E-state index contributed by atoms with van der Waals surface area (Å²) in [5.41, 5.74) is 7.65. The van der Waals surface area contributed by atoms with Crippen molar-refractivity contribution in [1.82, 2.24) is 10.3 Å². The molecule has 0 aliphatic carbocycles. The number of nitrogens with two attached hydrogens (primary N) is 1. The van der Waals surface area contributed by atoms with E-state index in [0.29, 0.717) is 12.4 Å². The first-order valence-corrected chi connectivity index (χ1v) is 7.27. The van der Waals surface area contributed by atoms with Gasteiger partial charge in [0.1, 0.15) is 11.6 Å². The smallest absolute Gasteiger partial charge is 0.124 e. The number of hydrogen-bond donors (Lipinski definition) is 2. The summed E-state index contributed by atoms with van der Waals surface area (Å²) in [4.78, 5) is 3.96. The minimum absolute atomic E-state index is 0.0939. The van der Waals surface area contributed by atoms with Crippen LogP contribution in [-0.2, 0) is 6.54 Å². The van der Waals surface area contributed by atoms with Crippen LogP contribution in [0.25, 0.3) is 0 Å². The zero-order valence-corrected chi connectivity index (χ0v) is 12.8. The molecule has 5 heteroatoms. The van der Waals surface area contributed by atoms with E-state index in [0.717, 1.165) is 22.0 Å². The fraction of sp³-hybridized carbons (Fsp3) is 0.267. The Bertz CT molecular complexity index is 569. The van der Waals surface area contributed by atoms with Gasteiger partial charge in [-0.05, 0) is 47.9 Å². The van der Waals surface area contributed by atoms with Gasteiger partial charge in [-0.1, -0.05) is 22.9 Å². The Kier molecular flexibility index (Phi) is 5.09. The van der Waals surface area contributed by atoms with E-state index in [2.05, 4.69) is 33.2 Å². The molecule has 0 radical (unpaired) electrons. The lowest BCUT2D eigenvalue weighted by atomic mass is 10.0.